The summed E-state index contributed by atoms with van der Waals surface area (Å²) in [6.45, 7) is 11.4. The molecular weight excluding hydrogens is 200 g/mol. The van der Waals surface area contributed by atoms with E-state index in [0.29, 0.717) is 0 Å². The van der Waals surface area contributed by atoms with Crippen LogP contribution in [-0.4, -0.2) is 61.3 Å². The fourth-order valence-electron chi connectivity index (χ4n) is 2.89. The molecule has 3 nitrogen and oxygen atoms in total. The molecule has 16 heavy (non-hydrogen) atoms. The van der Waals surface area contributed by atoms with Crippen molar-refractivity contribution in [1.29, 1.82) is 0 Å². The Morgan fingerprint density at radius 3 is 2.31 bits per heavy atom. The van der Waals surface area contributed by atoms with Gasteiger partial charge in [0.25, 0.3) is 0 Å². The van der Waals surface area contributed by atoms with Crippen molar-refractivity contribution in [3.8, 4) is 0 Å². The summed E-state index contributed by atoms with van der Waals surface area (Å²) >= 11 is 0. The van der Waals surface area contributed by atoms with Crippen molar-refractivity contribution in [2.45, 2.75) is 45.2 Å². The van der Waals surface area contributed by atoms with Gasteiger partial charge in [-0.3, -0.25) is 4.90 Å². The molecule has 0 aliphatic carbocycles. The van der Waals surface area contributed by atoms with Gasteiger partial charge in [-0.1, -0.05) is 6.92 Å². The maximum Gasteiger partial charge on any atom is 0.0594 e. The molecule has 0 aromatic heterocycles. The van der Waals surface area contributed by atoms with Crippen molar-refractivity contribution < 1.29 is 4.74 Å². The van der Waals surface area contributed by atoms with Crippen molar-refractivity contribution in [1.82, 2.24) is 9.80 Å². The lowest BCUT2D eigenvalue weighted by molar-refractivity contribution is -0.00262. The second-order valence-electron chi connectivity index (χ2n) is 5.17. The predicted molar refractivity (Wildman–Crippen MR) is 66.7 cm³/mol. The van der Waals surface area contributed by atoms with Crippen molar-refractivity contribution >= 4 is 0 Å². The van der Waals surface area contributed by atoms with Crippen LogP contribution in [0.1, 0.15) is 33.1 Å². The topological polar surface area (TPSA) is 15.7 Å². The number of ether oxygens (including phenoxy) is 1. The number of likely N-dealkylation sites (tertiary alicyclic amines) is 1. The highest BCUT2D eigenvalue weighted by atomic mass is 16.5. The molecule has 0 spiro atoms. The molecule has 0 bridgehead atoms. The minimum absolute atomic E-state index is 0.769. The fourth-order valence-corrected chi connectivity index (χ4v) is 2.89. The van der Waals surface area contributed by atoms with E-state index < -0.39 is 0 Å². The molecule has 2 aliphatic rings. The van der Waals surface area contributed by atoms with Gasteiger partial charge in [-0.25, -0.2) is 0 Å². The van der Waals surface area contributed by atoms with Crippen LogP contribution in [0.15, 0.2) is 0 Å². The fraction of sp³-hybridized carbons (Fsp3) is 1.00. The zero-order valence-corrected chi connectivity index (χ0v) is 10.8. The number of morpholine rings is 1. The first kappa shape index (κ1) is 12.3. The van der Waals surface area contributed by atoms with E-state index in [2.05, 4.69) is 23.6 Å². The third kappa shape index (κ3) is 2.96. The standard InChI is InChI=1S/C13H26N2O/c1-3-12(2)14-6-4-13(5-7-14)15-8-10-16-11-9-15/h12-13H,3-11H2,1-2H3. The van der Waals surface area contributed by atoms with Crippen LogP contribution < -0.4 is 0 Å². The molecule has 0 saturated carbocycles. The first-order chi connectivity index (χ1) is 7.81. The van der Waals surface area contributed by atoms with Crippen molar-refractivity contribution in [2.24, 2.45) is 0 Å². The van der Waals surface area contributed by atoms with Crippen molar-refractivity contribution in [3.63, 3.8) is 0 Å². The van der Waals surface area contributed by atoms with Gasteiger partial charge >= 0.3 is 0 Å². The molecule has 0 radical (unpaired) electrons. The normalized spacial score (nSPS) is 28.1. The van der Waals surface area contributed by atoms with Gasteiger partial charge in [-0.15, -0.1) is 0 Å². The minimum atomic E-state index is 0.769. The smallest absolute Gasteiger partial charge is 0.0594 e. The van der Waals surface area contributed by atoms with E-state index in [-0.39, 0.29) is 0 Å². The van der Waals surface area contributed by atoms with Crippen molar-refractivity contribution in [2.75, 3.05) is 39.4 Å². The summed E-state index contributed by atoms with van der Waals surface area (Å²) in [4.78, 5) is 5.29. The van der Waals surface area contributed by atoms with Crippen LogP contribution in [0.3, 0.4) is 0 Å². The first-order valence-electron chi connectivity index (χ1n) is 6.87. The number of rotatable bonds is 3. The van der Waals surface area contributed by atoms with Crippen LogP contribution in [0.5, 0.6) is 0 Å². The van der Waals surface area contributed by atoms with Gasteiger partial charge in [-0.05, 0) is 39.3 Å². The maximum absolute atomic E-state index is 5.42. The van der Waals surface area contributed by atoms with Gasteiger partial charge < -0.3 is 9.64 Å². The Labute approximate surface area is 99.7 Å². The summed E-state index contributed by atoms with van der Waals surface area (Å²) in [6, 6.07) is 1.59. The van der Waals surface area contributed by atoms with E-state index in [4.69, 9.17) is 4.74 Å². The monoisotopic (exact) mass is 226 g/mol. The summed E-state index contributed by atoms with van der Waals surface area (Å²) in [5, 5.41) is 0. The average Bonchev–Trinajstić information content (AvgIpc) is 2.39. The molecule has 2 fully saturated rings. The molecule has 1 atom stereocenters. The molecule has 3 heteroatoms. The lowest BCUT2D eigenvalue weighted by atomic mass is 10.0. The second-order valence-corrected chi connectivity index (χ2v) is 5.17. The van der Waals surface area contributed by atoms with E-state index in [9.17, 15) is 0 Å². The van der Waals surface area contributed by atoms with Gasteiger partial charge in [0.05, 0.1) is 13.2 Å². The van der Waals surface area contributed by atoms with E-state index in [1.165, 1.54) is 32.4 Å². The first-order valence-corrected chi connectivity index (χ1v) is 6.87. The average molecular weight is 226 g/mol. The van der Waals surface area contributed by atoms with Crippen molar-refractivity contribution in [3.05, 3.63) is 0 Å². The minimum Gasteiger partial charge on any atom is -0.379 e. The Morgan fingerprint density at radius 1 is 1.12 bits per heavy atom. The molecule has 2 aliphatic heterocycles. The highest BCUT2D eigenvalue weighted by Gasteiger charge is 2.26. The Bertz CT molecular complexity index is 196. The largest absolute Gasteiger partial charge is 0.379 e. The highest BCUT2D eigenvalue weighted by molar-refractivity contribution is 4.82. The summed E-state index contributed by atoms with van der Waals surface area (Å²) in [7, 11) is 0. The van der Waals surface area contributed by atoms with Crippen LogP contribution in [0.2, 0.25) is 0 Å². The van der Waals surface area contributed by atoms with Crippen LogP contribution in [0.25, 0.3) is 0 Å². The highest BCUT2D eigenvalue weighted by Crippen LogP contribution is 2.19. The molecule has 2 saturated heterocycles. The van der Waals surface area contributed by atoms with Gasteiger partial charge in [0, 0.05) is 25.2 Å². The molecule has 0 aromatic rings. The summed E-state index contributed by atoms with van der Waals surface area (Å²) in [5.41, 5.74) is 0. The zero-order valence-electron chi connectivity index (χ0n) is 10.8. The Kier molecular flexibility index (Phi) is 4.62. The number of piperidine rings is 1. The molecule has 2 rings (SSSR count). The van der Waals surface area contributed by atoms with E-state index in [1.54, 1.807) is 0 Å². The Morgan fingerprint density at radius 2 is 1.75 bits per heavy atom. The second kappa shape index (κ2) is 5.99. The molecule has 1 unspecified atom stereocenters. The van der Waals surface area contributed by atoms with E-state index in [0.717, 1.165) is 38.4 Å². The van der Waals surface area contributed by atoms with E-state index >= 15 is 0 Å². The molecule has 0 amide bonds. The lowest BCUT2D eigenvalue weighted by Crippen LogP contribution is -2.50. The van der Waals surface area contributed by atoms with Gasteiger partial charge in [0.2, 0.25) is 0 Å². The number of nitrogens with zero attached hydrogens (tertiary/aromatic N) is 2. The molecule has 0 N–H and O–H groups in total. The summed E-state index contributed by atoms with van der Waals surface area (Å²) in [6.07, 6.45) is 3.98. The quantitative estimate of drug-likeness (QED) is 0.727. The Balaban J connectivity index is 1.75. The summed E-state index contributed by atoms with van der Waals surface area (Å²) in [5.74, 6) is 0. The summed E-state index contributed by atoms with van der Waals surface area (Å²) < 4.78 is 5.42. The zero-order chi connectivity index (χ0) is 11.4. The molecule has 2 heterocycles. The Hall–Kier alpha value is -0.120. The third-order valence-corrected chi connectivity index (χ3v) is 4.28. The van der Waals surface area contributed by atoms with Gasteiger partial charge in [-0.2, -0.15) is 0 Å². The molecule has 94 valence electrons. The van der Waals surface area contributed by atoms with E-state index in [1.807, 2.05) is 0 Å². The van der Waals surface area contributed by atoms with Gasteiger partial charge in [0.15, 0.2) is 0 Å². The van der Waals surface area contributed by atoms with Crippen LogP contribution in [-0.2, 0) is 4.74 Å². The molecular formula is C13H26N2O. The predicted octanol–water partition coefficient (Wildman–Crippen LogP) is 1.58. The molecule has 0 aromatic carbocycles. The third-order valence-electron chi connectivity index (χ3n) is 4.28. The number of hydrogen-bond acceptors (Lipinski definition) is 3. The maximum atomic E-state index is 5.42. The van der Waals surface area contributed by atoms with Gasteiger partial charge in [0.1, 0.15) is 0 Å². The van der Waals surface area contributed by atoms with Crippen LogP contribution in [0, 0.1) is 0 Å². The van der Waals surface area contributed by atoms with Crippen LogP contribution in [0.4, 0.5) is 0 Å². The SMILES string of the molecule is CCC(C)N1CCC(N2CCOCC2)CC1. The lowest BCUT2D eigenvalue weighted by Gasteiger charge is -2.41. The van der Waals surface area contributed by atoms with Crippen LogP contribution >= 0.6 is 0 Å². The number of hydrogen-bond donors (Lipinski definition) is 0.